The molecular weight excluding hydrogens is 281 g/mol. The molecule has 0 N–H and O–H groups in total. The third-order valence-electron chi connectivity index (χ3n) is 4.16. The summed E-state index contributed by atoms with van der Waals surface area (Å²) in [5.74, 6) is 0. The van der Waals surface area contributed by atoms with Crippen LogP contribution < -0.4 is 0 Å². The number of likely N-dealkylation sites (tertiary alicyclic amines) is 1. The van der Waals surface area contributed by atoms with E-state index in [4.69, 9.17) is 4.74 Å². The topological polar surface area (TPSA) is 15.7 Å². The third-order valence-corrected chi connectivity index (χ3v) is 4.16. The van der Waals surface area contributed by atoms with Gasteiger partial charge in [0.05, 0.1) is 18.8 Å². The molecule has 2 aliphatic heterocycles. The second-order valence-corrected chi connectivity index (χ2v) is 5.69. The van der Waals surface area contributed by atoms with E-state index in [1.54, 1.807) is 6.07 Å². The van der Waals surface area contributed by atoms with Gasteiger partial charge in [0.25, 0.3) is 0 Å². The highest BCUT2D eigenvalue weighted by Gasteiger charge is 2.33. The number of hydrogen-bond acceptors (Lipinski definition) is 3. The zero-order chi connectivity index (χ0) is 14.9. The molecule has 1 aromatic rings. The molecule has 0 aromatic heterocycles. The van der Waals surface area contributed by atoms with Crippen LogP contribution in [0.3, 0.4) is 0 Å². The summed E-state index contributed by atoms with van der Waals surface area (Å²) in [4.78, 5) is 4.60. The summed E-state index contributed by atoms with van der Waals surface area (Å²) >= 11 is 0. The first-order chi connectivity index (χ1) is 10.0. The van der Waals surface area contributed by atoms with Crippen molar-refractivity contribution in [1.29, 1.82) is 0 Å². The molecule has 0 amide bonds. The Morgan fingerprint density at radius 1 is 1.14 bits per heavy atom. The first kappa shape index (κ1) is 14.8. The Morgan fingerprint density at radius 3 is 2.52 bits per heavy atom. The first-order valence-corrected chi connectivity index (χ1v) is 7.23. The predicted molar refractivity (Wildman–Crippen MR) is 72.9 cm³/mol. The fourth-order valence-corrected chi connectivity index (χ4v) is 2.95. The summed E-state index contributed by atoms with van der Waals surface area (Å²) < 4.78 is 43.3. The van der Waals surface area contributed by atoms with Crippen molar-refractivity contribution in [2.75, 3.05) is 39.4 Å². The third kappa shape index (κ3) is 3.56. The molecule has 2 fully saturated rings. The van der Waals surface area contributed by atoms with E-state index in [9.17, 15) is 13.2 Å². The van der Waals surface area contributed by atoms with Crippen molar-refractivity contribution in [2.45, 2.75) is 18.8 Å². The molecule has 2 heterocycles. The fourth-order valence-electron chi connectivity index (χ4n) is 2.95. The summed E-state index contributed by atoms with van der Waals surface area (Å²) in [7, 11) is 0. The minimum Gasteiger partial charge on any atom is -0.379 e. The smallest absolute Gasteiger partial charge is 0.379 e. The van der Waals surface area contributed by atoms with E-state index >= 15 is 0 Å². The first-order valence-electron chi connectivity index (χ1n) is 7.23. The highest BCUT2D eigenvalue weighted by molar-refractivity contribution is 5.25. The van der Waals surface area contributed by atoms with Gasteiger partial charge in [-0.05, 0) is 11.6 Å². The maximum atomic E-state index is 12.7. The zero-order valence-corrected chi connectivity index (χ0v) is 11.8. The Balaban J connectivity index is 1.52. The maximum absolute atomic E-state index is 12.7. The summed E-state index contributed by atoms with van der Waals surface area (Å²) in [5.41, 5.74) is 0.163. The monoisotopic (exact) mass is 300 g/mol. The van der Waals surface area contributed by atoms with Gasteiger partial charge in [-0.3, -0.25) is 9.80 Å². The van der Waals surface area contributed by atoms with E-state index in [0.29, 0.717) is 12.6 Å². The number of rotatable bonds is 3. The number of halogens is 3. The van der Waals surface area contributed by atoms with Crippen molar-refractivity contribution in [3.05, 3.63) is 35.4 Å². The lowest BCUT2D eigenvalue weighted by Gasteiger charge is -2.46. The minimum atomic E-state index is -4.26. The van der Waals surface area contributed by atoms with Crippen molar-refractivity contribution in [1.82, 2.24) is 9.80 Å². The van der Waals surface area contributed by atoms with Crippen LogP contribution >= 0.6 is 0 Å². The fraction of sp³-hybridized carbons (Fsp3) is 0.600. The van der Waals surface area contributed by atoms with Crippen molar-refractivity contribution < 1.29 is 17.9 Å². The highest BCUT2D eigenvalue weighted by Crippen LogP contribution is 2.30. The van der Waals surface area contributed by atoms with Crippen molar-refractivity contribution in [3.8, 4) is 0 Å². The van der Waals surface area contributed by atoms with Crippen LogP contribution in [0.4, 0.5) is 13.2 Å². The van der Waals surface area contributed by atoms with Crippen molar-refractivity contribution in [2.24, 2.45) is 0 Å². The molecule has 116 valence electrons. The van der Waals surface area contributed by atoms with Gasteiger partial charge in [0.1, 0.15) is 0 Å². The van der Waals surface area contributed by atoms with E-state index in [-0.39, 0.29) is 0 Å². The Bertz CT molecular complexity index is 480. The molecule has 0 atom stereocenters. The molecule has 6 heteroatoms. The summed E-state index contributed by atoms with van der Waals surface area (Å²) in [5, 5.41) is 0. The van der Waals surface area contributed by atoms with Gasteiger partial charge in [-0.1, -0.05) is 18.2 Å². The van der Waals surface area contributed by atoms with Gasteiger partial charge >= 0.3 is 6.18 Å². The van der Waals surface area contributed by atoms with Gasteiger partial charge in [0.2, 0.25) is 0 Å². The number of alkyl halides is 3. The van der Waals surface area contributed by atoms with E-state index < -0.39 is 11.7 Å². The van der Waals surface area contributed by atoms with Crippen molar-refractivity contribution >= 4 is 0 Å². The molecule has 0 bridgehead atoms. The zero-order valence-electron chi connectivity index (χ0n) is 11.8. The summed E-state index contributed by atoms with van der Waals surface area (Å²) in [6, 6.07) is 6.15. The number of nitrogens with zero attached hydrogens (tertiary/aromatic N) is 2. The minimum absolute atomic E-state index is 0.527. The van der Waals surface area contributed by atoms with E-state index in [1.807, 2.05) is 0 Å². The lowest BCUT2D eigenvalue weighted by molar-refractivity contribution is -0.137. The average molecular weight is 300 g/mol. The van der Waals surface area contributed by atoms with E-state index in [0.717, 1.165) is 51.0 Å². The quantitative estimate of drug-likeness (QED) is 0.851. The number of hydrogen-bond donors (Lipinski definition) is 0. The second-order valence-electron chi connectivity index (χ2n) is 5.69. The SMILES string of the molecule is FC(F)(F)c1cccc(CN2CC(N3CCOCC3)C2)c1. The molecule has 0 spiro atoms. The predicted octanol–water partition coefficient (Wildman–Crippen LogP) is 2.22. The number of ether oxygens (including phenoxy) is 1. The molecule has 3 rings (SSSR count). The molecule has 0 unspecified atom stereocenters. The molecule has 0 radical (unpaired) electrons. The Morgan fingerprint density at radius 2 is 1.86 bits per heavy atom. The second kappa shape index (κ2) is 5.94. The van der Waals surface area contributed by atoms with Crippen LogP contribution in [0.1, 0.15) is 11.1 Å². The Kier molecular flexibility index (Phi) is 4.19. The van der Waals surface area contributed by atoms with Gasteiger partial charge < -0.3 is 4.74 Å². The van der Waals surface area contributed by atoms with Gasteiger partial charge in [-0.15, -0.1) is 0 Å². The number of benzene rings is 1. The van der Waals surface area contributed by atoms with E-state index in [2.05, 4.69) is 9.80 Å². The Hall–Kier alpha value is -1.11. The molecule has 1 aromatic carbocycles. The number of morpholine rings is 1. The highest BCUT2D eigenvalue weighted by atomic mass is 19.4. The maximum Gasteiger partial charge on any atom is 0.416 e. The molecule has 2 saturated heterocycles. The van der Waals surface area contributed by atoms with Crippen LogP contribution in [0.5, 0.6) is 0 Å². The van der Waals surface area contributed by atoms with Gasteiger partial charge in [0.15, 0.2) is 0 Å². The van der Waals surface area contributed by atoms with Crippen LogP contribution in [0.2, 0.25) is 0 Å². The van der Waals surface area contributed by atoms with Gasteiger partial charge in [-0.2, -0.15) is 13.2 Å². The van der Waals surface area contributed by atoms with Crippen LogP contribution in [0.25, 0.3) is 0 Å². The van der Waals surface area contributed by atoms with Gasteiger partial charge in [-0.25, -0.2) is 0 Å². The summed E-state index contributed by atoms with van der Waals surface area (Å²) in [6.07, 6.45) is -4.26. The molecule has 3 nitrogen and oxygen atoms in total. The molecule has 0 aliphatic carbocycles. The largest absolute Gasteiger partial charge is 0.416 e. The molecular formula is C15H19F3N2O. The normalized spacial score (nSPS) is 22.2. The van der Waals surface area contributed by atoms with Crippen molar-refractivity contribution in [3.63, 3.8) is 0 Å². The lowest BCUT2D eigenvalue weighted by atomic mass is 10.0. The van der Waals surface area contributed by atoms with Crippen LogP contribution in [0.15, 0.2) is 24.3 Å². The van der Waals surface area contributed by atoms with Gasteiger partial charge in [0, 0.05) is 38.8 Å². The van der Waals surface area contributed by atoms with Crippen LogP contribution in [-0.4, -0.2) is 55.2 Å². The standard InChI is InChI=1S/C15H19F3N2O/c16-15(17,18)13-3-1-2-12(8-13)9-19-10-14(11-19)20-4-6-21-7-5-20/h1-3,8,14H,4-7,9-11H2. The summed E-state index contributed by atoms with van der Waals surface area (Å²) in [6.45, 7) is 5.93. The van der Waals surface area contributed by atoms with Crippen LogP contribution in [0, 0.1) is 0 Å². The molecule has 0 saturated carbocycles. The lowest BCUT2D eigenvalue weighted by Crippen LogP contribution is -2.60. The van der Waals surface area contributed by atoms with Crippen LogP contribution in [-0.2, 0) is 17.5 Å². The average Bonchev–Trinajstić information content (AvgIpc) is 2.43. The molecule has 21 heavy (non-hydrogen) atoms. The molecule has 2 aliphatic rings. The Labute approximate surface area is 122 Å². The van der Waals surface area contributed by atoms with E-state index in [1.165, 1.54) is 12.1 Å².